The lowest BCUT2D eigenvalue weighted by Gasteiger charge is -2.41. The fourth-order valence-electron chi connectivity index (χ4n) is 5.15. The van der Waals surface area contributed by atoms with Gasteiger partial charge >= 0.3 is 0 Å². The van der Waals surface area contributed by atoms with Gasteiger partial charge in [0.05, 0.1) is 5.56 Å². The number of rotatable bonds is 6. The van der Waals surface area contributed by atoms with Crippen LogP contribution in [0.1, 0.15) is 41.6 Å². The summed E-state index contributed by atoms with van der Waals surface area (Å²) in [6, 6.07) is 4.88. The van der Waals surface area contributed by atoms with Gasteiger partial charge in [-0.15, -0.1) is 0 Å². The number of halogens is 1. The molecule has 2 amide bonds. The molecule has 0 spiro atoms. The van der Waals surface area contributed by atoms with E-state index in [1.165, 1.54) is 6.07 Å². The lowest BCUT2D eigenvalue weighted by atomic mass is 9.72. The Morgan fingerprint density at radius 1 is 1.19 bits per heavy atom. The summed E-state index contributed by atoms with van der Waals surface area (Å²) in [5.41, 5.74) is 6.96. The second-order valence-electron chi connectivity index (χ2n) is 9.21. The number of fused-ring (bicyclic) bond motifs is 1. The summed E-state index contributed by atoms with van der Waals surface area (Å²) in [5.74, 6) is -0.443. The molecule has 31 heavy (non-hydrogen) atoms. The fourth-order valence-corrected chi connectivity index (χ4v) is 5.15. The van der Waals surface area contributed by atoms with Crippen molar-refractivity contribution in [3.8, 4) is 0 Å². The van der Waals surface area contributed by atoms with Crippen LogP contribution in [0.5, 0.6) is 0 Å². The van der Waals surface area contributed by atoms with E-state index in [0.29, 0.717) is 13.0 Å². The standard InChI is InChI=1S/C23H34FN5O2/c1-28-10-12-29(13-11-28)9-8-25-22(30)19-14-16(6-7-20(19)24)15-21-17-4-2-3-5-18(17)23(31)27-26-21/h6-7,14,17-18,21,26H,2-5,8-13,15H2,1H3,(H,25,30)(H,27,31). The molecule has 7 nitrogen and oxygen atoms in total. The first-order chi connectivity index (χ1) is 15.0. The van der Waals surface area contributed by atoms with E-state index in [1.807, 2.05) is 0 Å². The number of hydrogen-bond acceptors (Lipinski definition) is 5. The van der Waals surface area contributed by atoms with Gasteiger partial charge in [0.1, 0.15) is 5.82 Å². The van der Waals surface area contributed by atoms with E-state index >= 15 is 0 Å². The maximum Gasteiger partial charge on any atom is 0.254 e. The van der Waals surface area contributed by atoms with E-state index < -0.39 is 5.82 Å². The van der Waals surface area contributed by atoms with E-state index in [0.717, 1.165) is 64.0 Å². The lowest BCUT2D eigenvalue weighted by molar-refractivity contribution is -0.133. The molecule has 0 radical (unpaired) electrons. The van der Waals surface area contributed by atoms with E-state index in [4.69, 9.17) is 0 Å². The third-order valence-corrected chi connectivity index (χ3v) is 7.09. The molecule has 3 N–H and O–H groups in total. The molecule has 1 aliphatic carbocycles. The molecule has 2 aliphatic heterocycles. The summed E-state index contributed by atoms with van der Waals surface area (Å²) in [5, 5.41) is 2.87. The van der Waals surface area contributed by atoms with Crippen LogP contribution in [-0.2, 0) is 11.2 Å². The van der Waals surface area contributed by atoms with Gasteiger partial charge < -0.3 is 10.2 Å². The van der Waals surface area contributed by atoms with E-state index in [9.17, 15) is 14.0 Å². The van der Waals surface area contributed by atoms with Crippen molar-refractivity contribution >= 4 is 11.8 Å². The van der Waals surface area contributed by atoms with Crippen LogP contribution in [0.3, 0.4) is 0 Å². The zero-order valence-electron chi connectivity index (χ0n) is 18.3. The minimum absolute atomic E-state index is 0.0535. The molecule has 2 heterocycles. The molecule has 2 saturated heterocycles. The first kappa shape index (κ1) is 22.2. The first-order valence-corrected chi connectivity index (χ1v) is 11.5. The Labute approximate surface area is 183 Å². The minimum Gasteiger partial charge on any atom is -0.351 e. The Balaban J connectivity index is 1.34. The molecular weight excluding hydrogens is 397 g/mol. The Bertz CT molecular complexity index is 796. The van der Waals surface area contributed by atoms with Crippen LogP contribution in [0.15, 0.2) is 18.2 Å². The van der Waals surface area contributed by atoms with Gasteiger partial charge in [-0.25, -0.2) is 9.82 Å². The van der Waals surface area contributed by atoms with Crippen molar-refractivity contribution in [1.29, 1.82) is 0 Å². The van der Waals surface area contributed by atoms with Gasteiger partial charge in [0.2, 0.25) is 5.91 Å². The van der Waals surface area contributed by atoms with E-state index in [1.54, 1.807) is 12.1 Å². The monoisotopic (exact) mass is 431 g/mol. The second-order valence-corrected chi connectivity index (χ2v) is 9.21. The number of likely N-dealkylation sites (N-methyl/N-ethyl adjacent to an activating group) is 1. The van der Waals surface area contributed by atoms with Crippen LogP contribution < -0.4 is 16.2 Å². The molecule has 8 heteroatoms. The maximum atomic E-state index is 14.4. The Morgan fingerprint density at radius 2 is 1.97 bits per heavy atom. The highest BCUT2D eigenvalue weighted by molar-refractivity contribution is 5.94. The Kier molecular flexibility index (Phi) is 7.20. The molecular formula is C23H34FN5O2. The summed E-state index contributed by atoms with van der Waals surface area (Å²) in [4.78, 5) is 29.4. The minimum atomic E-state index is -0.499. The quantitative estimate of drug-likeness (QED) is 0.630. The summed E-state index contributed by atoms with van der Waals surface area (Å²) >= 11 is 0. The van der Waals surface area contributed by atoms with Crippen LogP contribution in [0.2, 0.25) is 0 Å². The molecule has 1 aromatic rings. The van der Waals surface area contributed by atoms with Crippen molar-refractivity contribution in [3.63, 3.8) is 0 Å². The van der Waals surface area contributed by atoms with Crippen molar-refractivity contribution < 1.29 is 14.0 Å². The zero-order valence-corrected chi connectivity index (χ0v) is 18.3. The van der Waals surface area contributed by atoms with Gasteiger partial charge in [-0.2, -0.15) is 0 Å². The highest BCUT2D eigenvalue weighted by Crippen LogP contribution is 2.35. The largest absolute Gasteiger partial charge is 0.351 e. The molecule has 3 atom stereocenters. The smallest absolute Gasteiger partial charge is 0.254 e. The van der Waals surface area contributed by atoms with Gasteiger partial charge in [0.15, 0.2) is 0 Å². The molecule has 4 rings (SSSR count). The molecule has 0 aromatic heterocycles. The van der Waals surface area contributed by atoms with Gasteiger partial charge in [-0.3, -0.25) is 19.9 Å². The maximum absolute atomic E-state index is 14.4. The molecule has 170 valence electrons. The first-order valence-electron chi connectivity index (χ1n) is 11.5. The van der Waals surface area contributed by atoms with Crippen LogP contribution in [-0.4, -0.2) is 74.0 Å². The second kappa shape index (κ2) is 10.1. The lowest BCUT2D eigenvalue weighted by Crippen LogP contribution is -2.60. The number of carbonyl (C=O) groups is 2. The molecule has 3 aliphatic rings. The normalized spacial score (nSPS) is 27.4. The van der Waals surface area contributed by atoms with Crippen molar-refractivity contribution in [2.75, 3.05) is 46.3 Å². The van der Waals surface area contributed by atoms with Gasteiger partial charge in [-0.05, 0) is 49.9 Å². The number of benzene rings is 1. The number of hydrazine groups is 1. The number of hydrogen-bond donors (Lipinski definition) is 3. The van der Waals surface area contributed by atoms with Gasteiger partial charge in [0, 0.05) is 51.2 Å². The van der Waals surface area contributed by atoms with Crippen LogP contribution in [0.25, 0.3) is 0 Å². The fraction of sp³-hybridized carbons (Fsp3) is 0.652. The predicted octanol–water partition coefficient (Wildman–Crippen LogP) is 1.15. The van der Waals surface area contributed by atoms with Crippen molar-refractivity contribution in [2.45, 2.75) is 38.1 Å². The summed E-state index contributed by atoms with van der Waals surface area (Å²) < 4.78 is 14.4. The topological polar surface area (TPSA) is 76.7 Å². The highest BCUT2D eigenvalue weighted by Gasteiger charge is 2.39. The number of nitrogens with zero attached hydrogens (tertiary/aromatic N) is 2. The molecule has 3 fully saturated rings. The van der Waals surface area contributed by atoms with Crippen molar-refractivity contribution in [2.24, 2.45) is 11.8 Å². The SMILES string of the molecule is CN1CCN(CCNC(=O)c2cc(CC3NNC(=O)C4CCCCC34)ccc2F)CC1. The Hall–Kier alpha value is -2.03. The van der Waals surface area contributed by atoms with Crippen LogP contribution in [0.4, 0.5) is 4.39 Å². The van der Waals surface area contributed by atoms with Gasteiger partial charge in [-0.1, -0.05) is 18.9 Å². The van der Waals surface area contributed by atoms with E-state index in [2.05, 4.69) is 33.0 Å². The Morgan fingerprint density at radius 3 is 2.77 bits per heavy atom. The summed E-state index contributed by atoms with van der Waals surface area (Å²) in [7, 11) is 2.11. The predicted molar refractivity (Wildman–Crippen MR) is 117 cm³/mol. The highest BCUT2D eigenvalue weighted by atomic mass is 19.1. The third-order valence-electron chi connectivity index (χ3n) is 7.09. The van der Waals surface area contributed by atoms with Crippen molar-refractivity contribution in [1.82, 2.24) is 26.0 Å². The average molecular weight is 432 g/mol. The molecule has 3 unspecified atom stereocenters. The van der Waals surface area contributed by atoms with Crippen molar-refractivity contribution in [3.05, 3.63) is 35.1 Å². The summed E-state index contributed by atoms with van der Waals surface area (Å²) in [6.07, 6.45) is 4.84. The van der Waals surface area contributed by atoms with E-state index in [-0.39, 0.29) is 35.3 Å². The number of amides is 2. The zero-order chi connectivity index (χ0) is 21.8. The van der Waals surface area contributed by atoms with Crippen LogP contribution in [0, 0.1) is 17.7 Å². The molecule has 1 saturated carbocycles. The summed E-state index contributed by atoms with van der Waals surface area (Å²) in [6.45, 7) is 5.32. The van der Waals surface area contributed by atoms with Crippen LogP contribution >= 0.6 is 0 Å². The number of carbonyl (C=O) groups excluding carboxylic acids is 2. The van der Waals surface area contributed by atoms with Gasteiger partial charge in [0.25, 0.3) is 5.91 Å². The molecule has 1 aromatic carbocycles. The average Bonchev–Trinajstić information content (AvgIpc) is 2.78. The third kappa shape index (κ3) is 5.42. The number of piperazine rings is 1. The number of nitrogens with one attached hydrogen (secondary N) is 3. The molecule has 0 bridgehead atoms.